The zero-order chi connectivity index (χ0) is 16.6. The molecule has 122 valence electrons. The van der Waals surface area contributed by atoms with Crippen molar-refractivity contribution in [2.75, 3.05) is 0 Å². The van der Waals surface area contributed by atoms with Crippen molar-refractivity contribution in [1.82, 2.24) is 4.98 Å². The summed E-state index contributed by atoms with van der Waals surface area (Å²) in [5.41, 5.74) is 5.15. The fraction of sp³-hybridized carbons (Fsp3) is 0.471. The number of nitrogens with zero attached hydrogens (tertiary/aromatic N) is 1. The van der Waals surface area contributed by atoms with Crippen molar-refractivity contribution in [2.45, 2.75) is 56.0 Å². The molecule has 0 saturated carbocycles. The van der Waals surface area contributed by atoms with Crippen LogP contribution in [0.3, 0.4) is 0 Å². The van der Waals surface area contributed by atoms with E-state index >= 15 is 0 Å². The van der Waals surface area contributed by atoms with Gasteiger partial charge in [-0.15, -0.1) is 11.3 Å². The molecule has 0 radical (unpaired) electrons. The summed E-state index contributed by atoms with van der Waals surface area (Å²) in [4.78, 5) is 27.6. The molecule has 1 aliphatic rings. The predicted molar refractivity (Wildman–Crippen MR) is 93.1 cm³/mol. The number of thiazole rings is 1. The molecule has 2 heterocycles. The van der Waals surface area contributed by atoms with Crippen molar-refractivity contribution < 1.29 is 14.3 Å². The molecule has 1 unspecified atom stereocenters. The SMILES string of the molecule is CCc1cc2sc(SC3CC(=O)OC3=O)nc2c(CC)c1CC. The van der Waals surface area contributed by atoms with Crippen LogP contribution in [-0.4, -0.2) is 22.2 Å². The number of ether oxygens (including phenoxy) is 1. The average molecular weight is 349 g/mol. The van der Waals surface area contributed by atoms with Gasteiger partial charge in [0.1, 0.15) is 5.25 Å². The molecular formula is C17H19NO3S2. The van der Waals surface area contributed by atoms with Gasteiger partial charge in [0, 0.05) is 0 Å². The molecule has 1 saturated heterocycles. The molecule has 0 amide bonds. The molecule has 1 aromatic carbocycles. The van der Waals surface area contributed by atoms with E-state index < -0.39 is 17.2 Å². The van der Waals surface area contributed by atoms with Crippen LogP contribution in [-0.2, 0) is 33.6 Å². The van der Waals surface area contributed by atoms with Gasteiger partial charge in [0.15, 0.2) is 4.34 Å². The van der Waals surface area contributed by atoms with Crippen LogP contribution in [0.5, 0.6) is 0 Å². The lowest BCUT2D eigenvalue weighted by Gasteiger charge is -2.12. The van der Waals surface area contributed by atoms with E-state index in [-0.39, 0.29) is 6.42 Å². The van der Waals surface area contributed by atoms with Gasteiger partial charge in [-0.3, -0.25) is 9.59 Å². The van der Waals surface area contributed by atoms with E-state index in [0.29, 0.717) is 0 Å². The molecular weight excluding hydrogens is 330 g/mol. The quantitative estimate of drug-likeness (QED) is 0.605. The summed E-state index contributed by atoms with van der Waals surface area (Å²) < 4.78 is 6.61. The Balaban J connectivity index is 2.01. The van der Waals surface area contributed by atoms with Crippen LogP contribution in [0.1, 0.15) is 43.9 Å². The fourth-order valence-electron chi connectivity index (χ4n) is 3.06. The molecule has 23 heavy (non-hydrogen) atoms. The van der Waals surface area contributed by atoms with Crippen LogP contribution in [0.4, 0.5) is 0 Å². The smallest absolute Gasteiger partial charge is 0.327 e. The van der Waals surface area contributed by atoms with Gasteiger partial charge in [0.2, 0.25) is 0 Å². The normalized spacial score (nSPS) is 18.0. The number of carbonyl (C=O) groups is 2. The van der Waals surface area contributed by atoms with E-state index in [0.717, 1.165) is 33.8 Å². The van der Waals surface area contributed by atoms with Crippen molar-refractivity contribution in [3.8, 4) is 0 Å². The highest BCUT2D eigenvalue weighted by Crippen LogP contribution is 2.38. The number of carbonyl (C=O) groups excluding carboxylic acids is 2. The maximum Gasteiger partial charge on any atom is 0.327 e. The average Bonchev–Trinajstić information content (AvgIpc) is 3.07. The van der Waals surface area contributed by atoms with E-state index in [4.69, 9.17) is 4.98 Å². The first-order chi connectivity index (χ1) is 11.1. The third-order valence-corrected chi connectivity index (χ3v) is 6.41. The van der Waals surface area contributed by atoms with Crippen molar-refractivity contribution in [1.29, 1.82) is 0 Å². The number of aryl methyl sites for hydroxylation is 2. The highest BCUT2D eigenvalue weighted by molar-refractivity contribution is 8.02. The zero-order valence-electron chi connectivity index (χ0n) is 13.5. The Morgan fingerprint density at radius 2 is 1.96 bits per heavy atom. The topological polar surface area (TPSA) is 56.3 Å². The molecule has 0 bridgehead atoms. The summed E-state index contributed by atoms with van der Waals surface area (Å²) in [7, 11) is 0. The van der Waals surface area contributed by atoms with Crippen molar-refractivity contribution in [2.24, 2.45) is 0 Å². The van der Waals surface area contributed by atoms with Gasteiger partial charge in [0.25, 0.3) is 0 Å². The molecule has 1 aromatic heterocycles. The first-order valence-electron chi connectivity index (χ1n) is 7.92. The molecule has 0 spiro atoms. The monoisotopic (exact) mass is 349 g/mol. The standard InChI is InChI=1S/C17H19NO3S2/c1-4-9-7-12-15(11(6-3)10(9)5-2)18-17(22-12)23-13-8-14(19)21-16(13)20/h7,13H,4-6,8H2,1-3H3. The van der Waals surface area contributed by atoms with Gasteiger partial charge in [-0.2, -0.15) is 0 Å². The molecule has 4 nitrogen and oxygen atoms in total. The molecule has 1 aliphatic heterocycles. The summed E-state index contributed by atoms with van der Waals surface area (Å²) in [6.07, 6.45) is 3.10. The zero-order valence-corrected chi connectivity index (χ0v) is 15.1. The number of aromatic nitrogens is 1. The van der Waals surface area contributed by atoms with E-state index in [1.54, 1.807) is 11.3 Å². The molecule has 0 aliphatic carbocycles. The maximum absolute atomic E-state index is 11.6. The minimum absolute atomic E-state index is 0.139. The van der Waals surface area contributed by atoms with Crippen molar-refractivity contribution in [3.63, 3.8) is 0 Å². The Bertz CT molecular complexity index is 782. The lowest BCUT2D eigenvalue weighted by molar-refractivity contribution is -0.151. The number of hydrogen-bond donors (Lipinski definition) is 0. The molecule has 1 atom stereocenters. The number of hydrogen-bond acceptors (Lipinski definition) is 6. The maximum atomic E-state index is 11.6. The summed E-state index contributed by atoms with van der Waals surface area (Å²) in [6.45, 7) is 6.52. The highest BCUT2D eigenvalue weighted by Gasteiger charge is 2.35. The van der Waals surface area contributed by atoms with E-state index in [2.05, 4.69) is 31.6 Å². The van der Waals surface area contributed by atoms with Gasteiger partial charge in [0.05, 0.1) is 16.6 Å². The van der Waals surface area contributed by atoms with E-state index in [1.807, 2.05) is 0 Å². The minimum Gasteiger partial charge on any atom is -0.392 e. The van der Waals surface area contributed by atoms with Gasteiger partial charge >= 0.3 is 11.9 Å². The van der Waals surface area contributed by atoms with Gasteiger partial charge in [-0.1, -0.05) is 32.5 Å². The van der Waals surface area contributed by atoms with Crippen LogP contribution in [0.2, 0.25) is 0 Å². The second-order valence-electron chi connectivity index (χ2n) is 5.48. The summed E-state index contributed by atoms with van der Waals surface area (Å²) >= 11 is 2.95. The van der Waals surface area contributed by atoms with Crippen LogP contribution >= 0.6 is 23.1 Å². The van der Waals surface area contributed by atoms with Crippen LogP contribution in [0, 0.1) is 0 Å². The molecule has 3 rings (SSSR count). The number of esters is 2. The molecule has 0 N–H and O–H groups in total. The summed E-state index contributed by atoms with van der Waals surface area (Å²) in [5, 5.41) is -0.454. The Hall–Kier alpha value is -1.40. The third kappa shape index (κ3) is 3.02. The van der Waals surface area contributed by atoms with E-state index in [9.17, 15) is 9.59 Å². The minimum atomic E-state index is -0.454. The van der Waals surface area contributed by atoms with Gasteiger partial charge in [-0.25, -0.2) is 4.98 Å². The number of fused-ring (bicyclic) bond motifs is 1. The number of cyclic esters (lactones) is 2. The first-order valence-corrected chi connectivity index (χ1v) is 9.62. The Kier molecular flexibility index (Phi) is 4.73. The Morgan fingerprint density at radius 1 is 1.22 bits per heavy atom. The fourth-order valence-corrected chi connectivity index (χ4v) is 5.41. The lowest BCUT2D eigenvalue weighted by Crippen LogP contribution is -2.08. The van der Waals surface area contributed by atoms with Crippen molar-refractivity contribution in [3.05, 3.63) is 22.8 Å². The summed E-state index contributed by atoms with van der Waals surface area (Å²) in [5.74, 6) is -0.886. The summed E-state index contributed by atoms with van der Waals surface area (Å²) in [6, 6.07) is 2.23. The van der Waals surface area contributed by atoms with Crippen LogP contribution in [0.15, 0.2) is 10.4 Å². The van der Waals surface area contributed by atoms with Gasteiger partial charge in [-0.05, 0) is 42.0 Å². The highest BCUT2D eigenvalue weighted by atomic mass is 32.2. The van der Waals surface area contributed by atoms with Crippen LogP contribution in [0.25, 0.3) is 10.2 Å². The second-order valence-corrected chi connectivity index (χ2v) is 7.96. The first kappa shape index (κ1) is 16.5. The Labute approximate surface area is 143 Å². The number of rotatable bonds is 5. The molecule has 1 fully saturated rings. The van der Waals surface area contributed by atoms with E-state index in [1.165, 1.54) is 28.5 Å². The molecule has 2 aromatic rings. The Morgan fingerprint density at radius 3 is 2.52 bits per heavy atom. The lowest BCUT2D eigenvalue weighted by atomic mass is 9.95. The largest absolute Gasteiger partial charge is 0.392 e. The van der Waals surface area contributed by atoms with Crippen LogP contribution < -0.4 is 0 Å². The second kappa shape index (κ2) is 6.61. The predicted octanol–water partition coefficient (Wildman–Crippen LogP) is 3.92. The number of thioether (sulfide) groups is 1. The molecule has 6 heteroatoms. The third-order valence-electron chi connectivity index (χ3n) is 4.14. The number of benzene rings is 1. The van der Waals surface area contributed by atoms with Gasteiger partial charge < -0.3 is 4.74 Å². The van der Waals surface area contributed by atoms with Crippen molar-refractivity contribution >= 4 is 45.3 Å².